The molecule has 34 heavy (non-hydrogen) atoms. The number of nitrogens with one attached hydrogen (secondary N) is 1. The van der Waals surface area contributed by atoms with E-state index in [1.165, 1.54) is 0 Å². The number of fused-ring (bicyclic) bond motifs is 1. The summed E-state index contributed by atoms with van der Waals surface area (Å²) in [6, 6.07) is 9.65. The molecule has 4 aromatic rings. The third-order valence-electron chi connectivity index (χ3n) is 6.58. The molecule has 6 rings (SSSR count). The molecule has 0 radical (unpaired) electrons. The van der Waals surface area contributed by atoms with Crippen LogP contribution in [0.15, 0.2) is 48.9 Å². The van der Waals surface area contributed by atoms with E-state index in [2.05, 4.69) is 20.2 Å². The zero-order chi connectivity index (χ0) is 23.3. The van der Waals surface area contributed by atoms with Crippen molar-refractivity contribution in [1.82, 2.24) is 20.2 Å². The van der Waals surface area contributed by atoms with Crippen LogP contribution in [0.25, 0.3) is 22.2 Å². The van der Waals surface area contributed by atoms with Gasteiger partial charge in [-0.3, -0.25) is 10.1 Å². The van der Waals surface area contributed by atoms with Crippen LogP contribution < -0.4 is 9.47 Å². The molecule has 174 valence electrons. The zero-order valence-electron chi connectivity index (χ0n) is 18.4. The quantitative estimate of drug-likeness (QED) is 0.351. The summed E-state index contributed by atoms with van der Waals surface area (Å²) in [5.74, 6) is 1.31. The van der Waals surface area contributed by atoms with Gasteiger partial charge in [-0.25, -0.2) is 4.98 Å². The molecule has 2 fully saturated rings. The Morgan fingerprint density at radius 3 is 2.56 bits per heavy atom. The smallest absolute Gasteiger partial charge is 0.213 e. The van der Waals surface area contributed by atoms with Crippen LogP contribution >= 0.6 is 23.2 Å². The number of benzene rings is 1. The first kappa shape index (κ1) is 21.6. The Hall–Kier alpha value is -2.87. The second-order valence-electron chi connectivity index (χ2n) is 9.08. The van der Waals surface area contributed by atoms with Crippen molar-refractivity contribution in [1.29, 1.82) is 0 Å². The first-order chi connectivity index (χ1) is 16.5. The van der Waals surface area contributed by atoms with Crippen molar-refractivity contribution >= 4 is 34.1 Å². The van der Waals surface area contributed by atoms with E-state index in [1.807, 2.05) is 37.3 Å². The van der Waals surface area contributed by atoms with Crippen LogP contribution in [-0.4, -0.2) is 39.5 Å². The van der Waals surface area contributed by atoms with Crippen LogP contribution in [0, 0.1) is 5.41 Å². The molecule has 1 saturated carbocycles. The van der Waals surface area contributed by atoms with Crippen molar-refractivity contribution in [2.75, 3.05) is 13.2 Å². The molecule has 0 bridgehead atoms. The van der Waals surface area contributed by atoms with Gasteiger partial charge in [-0.2, -0.15) is 5.10 Å². The Morgan fingerprint density at radius 1 is 1.09 bits per heavy atom. The van der Waals surface area contributed by atoms with E-state index < -0.39 is 0 Å². The fourth-order valence-corrected chi connectivity index (χ4v) is 5.41. The van der Waals surface area contributed by atoms with Crippen molar-refractivity contribution in [2.45, 2.75) is 32.0 Å². The Bertz CT molecular complexity index is 1330. The number of rotatable bonds is 6. The van der Waals surface area contributed by atoms with E-state index in [1.54, 1.807) is 18.6 Å². The number of halogens is 2. The maximum absolute atomic E-state index is 6.29. The number of aromatic amines is 1. The lowest BCUT2D eigenvalue weighted by Gasteiger charge is -2.52. The van der Waals surface area contributed by atoms with Gasteiger partial charge in [0.1, 0.15) is 23.7 Å². The lowest BCUT2D eigenvalue weighted by molar-refractivity contribution is -0.191. The van der Waals surface area contributed by atoms with E-state index in [-0.39, 0.29) is 12.2 Å². The molecular weight excluding hydrogens is 475 g/mol. The van der Waals surface area contributed by atoms with Crippen LogP contribution in [0.4, 0.5) is 0 Å². The van der Waals surface area contributed by atoms with Crippen molar-refractivity contribution in [3.05, 3.63) is 64.5 Å². The van der Waals surface area contributed by atoms with Crippen LogP contribution in [0.2, 0.25) is 10.0 Å². The van der Waals surface area contributed by atoms with Crippen molar-refractivity contribution in [2.24, 2.45) is 5.41 Å². The monoisotopic (exact) mass is 496 g/mol. The summed E-state index contributed by atoms with van der Waals surface area (Å²) in [4.78, 5) is 8.52. The predicted molar refractivity (Wildman–Crippen MR) is 130 cm³/mol. The number of ether oxygens (including phenoxy) is 3. The maximum atomic E-state index is 6.29. The van der Waals surface area contributed by atoms with Crippen LogP contribution in [0.1, 0.15) is 31.4 Å². The summed E-state index contributed by atoms with van der Waals surface area (Å²) in [5.41, 5.74) is 3.65. The van der Waals surface area contributed by atoms with Gasteiger partial charge in [0.05, 0.1) is 28.8 Å². The molecule has 1 atom stereocenters. The second-order valence-corrected chi connectivity index (χ2v) is 9.90. The highest BCUT2D eigenvalue weighted by atomic mass is 35.5. The van der Waals surface area contributed by atoms with Gasteiger partial charge in [-0.05, 0) is 44.0 Å². The van der Waals surface area contributed by atoms with Gasteiger partial charge in [0.25, 0.3) is 0 Å². The van der Waals surface area contributed by atoms with Crippen LogP contribution in [0.5, 0.6) is 11.6 Å². The Morgan fingerprint density at radius 2 is 1.88 bits per heavy atom. The van der Waals surface area contributed by atoms with Gasteiger partial charge >= 0.3 is 0 Å². The minimum absolute atomic E-state index is 0.220. The van der Waals surface area contributed by atoms with Crippen molar-refractivity contribution in [3.8, 4) is 22.9 Å². The average Bonchev–Trinajstić information content (AvgIpc) is 3.18. The number of aromatic nitrogens is 4. The van der Waals surface area contributed by atoms with E-state index in [0.29, 0.717) is 32.7 Å². The Kier molecular flexibility index (Phi) is 5.36. The summed E-state index contributed by atoms with van der Waals surface area (Å²) in [7, 11) is 0. The standard InChI is InChI=1S/C25H22Cl2N4O3/c1-14(23-19(26)10-28-11-20(23)27)33-16-3-4-21-18(6-16)24(31-30-21)15-2-5-22(29-9-15)34-17-7-25(8-17)12-32-13-25/h2-6,9-11,14,17H,7-8,12-13H2,1H3,(H,30,31)/t14-/m1/s1. The third kappa shape index (κ3) is 3.87. The first-order valence-corrected chi connectivity index (χ1v) is 11.9. The molecule has 7 nitrogen and oxygen atoms in total. The summed E-state index contributed by atoms with van der Waals surface area (Å²) in [5, 5.41) is 9.45. The number of hydrogen-bond acceptors (Lipinski definition) is 6. The highest BCUT2D eigenvalue weighted by Crippen LogP contribution is 2.48. The summed E-state index contributed by atoms with van der Waals surface area (Å²) >= 11 is 12.6. The predicted octanol–water partition coefficient (Wildman–Crippen LogP) is 6.02. The van der Waals surface area contributed by atoms with E-state index in [0.717, 1.165) is 48.2 Å². The molecule has 1 N–H and O–H groups in total. The number of H-pyrrole nitrogens is 1. The second kappa shape index (κ2) is 8.41. The molecule has 1 aliphatic heterocycles. The van der Waals surface area contributed by atoms with Gasteiger partial charge in [0, 0.05) is 46.6 Å². The molecule has 1 saturated heterocycles. The van der Waals surface area contributed by atoms with Crippen molar-refractivity contribution < 1.29 is 14.2 Å². The number of pyridine rings is 2. The minimum atomic E-state index is -0.356. The van der Waals surface area contributed by atoms with Gasteiger partial charge in [-0.15, -0.1) is 0 Å². The summed E-state index contributed by atoms with van der Waals surface area (Å²) in [6.45, 7) is 3.62. The lowest BCUT2D eigenvalue weighted by atomic mass is 9.65. The summed E-state index contributed by atoms with van der Waals surface area (Å²) < 4.78 is 17.5. The third-order valence-corrected chi connectivity index (χ3v) is 7.18. The SMILES string of the molecule is C[C@@H](Oc1ccc2[nH]nc(-c3ccc(OC4CC5(COC5)C4)nc3)c2c1)c1c(Cl)cncc1Cl. The Balaban J connectivity index is 1.20. The van der Waals surface area contributed by atoms with Gasteiger partial charge < -0.3 is 14.2 Å². The fourth-order valence-electron chi connectivity index (χ4n) is 4.74. The minimum Gasteiger partial charge on any atom is -0.486 e. The molecule has 0 amide bonds. The maximum Gasteiger partial charge on any atom is 0.213 e. The molecule has 9 heteroatoms. The first-order valence-electron chi connectivity index (χ1n) is 11.1. The molecule has 2 aliphatic rings. The summed E-state index contributed by atoms with van der Waals surface area (Å²) in [6.07, 6.45) is 6.85. The molecule has 1 aromatic carbocycles. The fraction of sp³-hybridized carbons (Fsp3) is 0.320. The molecule has 4 heterocycles. The molecule has 0 unspecified atom stereocenters. The average molecular weight is 497 g/mol. The zero-order valence-corrected chi connectivity index (χ0v) is 19.9. The largest absolute Gasteiger partial charge is 0.486 e. The molecule has 1 spiro atoms. The number of nitrogens with zero attached hydrogens (tertiary/aromatic N) is 3. The molecule has 3 aromatic heterocycles. The van der Waals surface area contributed by atoms with Gasteiger partial charge in [-0.1, -0.05) is 23.2 Å². The lowest BCUT2D eigenvalue weighted by Crippen LogP contribution is -2.56. The topological polar surface area (TPSA) is 82.2 Å². The van der Waals surface area contributed by atoms with Gasteiger partial charge in [0.15, 0.2) is 0 Å². The van der Waals surface area contributed by atoms with Crippen LogP contribution in [0.3, 0.4) is 0 Å². The van der Waals surface area contributed by atoms with Crippen LogP contribution in [-0.2, 0) is 4.74 Å². The highest BCUT2D eigenvalue weighted by molar-refractivity contribution is 6.35. The van der Waals surface area contributed by atoms with E-state index in [9.17, 15) is 0 Å². The highest BCUT2D eigenvalue weighted by Gasteiger charge is 2.51. The molecule has 1 aliphatic carbocycles. The van der Waals surface area contributed by atoms with E-state index >= 15 is 0 Å². The van der Waals surface area contributed by atoms with Gasteiger partial charge in [0.2, 0.25) is 5.88 Å². The van der Waals surface area contributed by atoms with Crippen molar-refractivity contribution in [3.63, 3.8) is 0 Å². The van der Waals surface area contributed by atoms with E-state index in [4.69, 9.17) is 37.4 Å². The molecular formula is C25H22Cl2N4O3. The normalized spacial score (nSPS) is 17.9. The number of hydrogen-bond donors (Lipinski definition) is 1. The Labute approximate surface area is 206 Å².